The van der Waals surface area contributed by atoms with Crippen LogP contribution in [0.4, 0.5) is 4.79 Å². The van der Waals surface area contributed by atoms with Gasteiger partial charge in [-0.3, -0.25) is 9.59 Å². The number of ether oxygens (including phenoxy) is 1. The standard InChI is InChI=1S/C11H18N2O5/c1-3-18-11(17)12-9-4-8(10(15)16)5-13(6-9)7(2)14/h8-9H,3-6H2,1-2H3,(H,12,17)(H,15,16). The fraction of sp³-hybridized carbons (Fsp3) is 0.727. The molecule has 0 aliphatic carbocycles. The van der Waals surface area contributed by atoms with E-state index in [1.54, 1.807) is 6.92 Å². The van der Waals surface area contributed by atoms with Gasteiger partial charge in [0, 0.05) is 20.0 Å². The molecule has 2 atom stereocenters. The van der Waals surface area contributed by atoms with Crippen LogP contribution in [0.3, 0.4) is 0 Å². The lowest BCUT2D eigenvalue weighted by Crippen LogP contribution is -2.53. The molecular weight excluding hydrogens is 240 g/mol. The van der Waals surface area contributed by atoms with Crippen LogP contribution >= 0.6 is 0 Å². The van der Waals surface area contributed by atoms with Crippen molar-refractivity contribution >= 4 is 18.0 Å². The van der Waals surface area contributed by atoms with Crippen LogP contribution in [0.2, 0.25) is 0 Å². The minimum absolute atomic E-state index is 0.186. The van der Waals surface area contributed by atoms with Gasteiger partial charge in [-0.2, -0.15) is 0 Å². The number of hydrogen-bond acceptors (Lipinski definition) is 4. The van der Waals surface area contributed by atoms with Crippen molar-refractivity contribution in [3.8, 4) is 0 Å². The van der Waals surface area contributed by atoms with Crippen molar-refractivity contribution in [2.75, 3.05) is 19.7 Å². The Kier molecular flexibility index (Phi) is 4.94. The second-order valence-electron chi connectivity index (χ2n) is 4.26. The molecule has 2 N–H and O–H groups in total. The third-order valence-corrected chi connectivity index (χ3v) is 2.84. The lowest BCUT2D eigenvalue weighted by molar-refractivity contribution is -0.145. The third kappa shape index (κ3) is 3.90. The van der Waals surface area contributed by atoms with Gasteiger partial charge in [0.1, 0.15) is 0 Å². The molecule has 7 heteroatoms. The fourth-order valence-electron chi connectivity index (χ4n) is 1.98. The molecule has 7 nitrogen and oxygen atoms in total. The Hall–Kier alpha value is -1.79. The van der Waals surface area contributed by atoms with Gasteiger partial charge in [0.25, 0.3) is 0 Å². The third-order valence-electron chi connectivity index (χ3n) is 2.84. The summed E-state index contributed by atoms with van der Waals surface area (Å²) in [4.78, 5) is 35.0. The topological polar surface area (TPSA) is 95.9 Å². The average molecular weight is 258 g/mol. The molecule has 1 rings (SSSR count). The van der Waals surface area contributed by atoms with E-state index in [0.29, 0.717) is 13.0 Å². The van der Waals surface area contributed by atoms with Gasteiger partial charge in [0.2, 0.25) is 5.91 Å². The second-order valence-corrected chi connectivity index (χ2v) is 4.26. The summed E-state index contributed by atoms with van der Waals surface area (Å²) in [6, 6.07) is -0.386. The molecule has 2 unspecified atom stereocenters. The summed E-state index contributed by atoms with van der Waals surface area (Å²) in [5, 5.41) is 11.6. The summed E-state index contributed by atoms with van der Waals surface area (Å²) in [5.41, 5.74) is 0. The number of carbonyl (C=O) groups is 3. The average Bonchev–Trinajstić information content (AvgIpc) is 2.28. The Labute approximate surface area is 105 Å². The van der Waals surface area contributed by atoms with Crippen molar-refractivity contribution in [1.29, 1.82) is 0 Å². The van der Waals surface area contributed by atoms with Gasteiger partial charge in [0.15, 0.2) is 0 Å². The number of piperidine rings is 1. The van der Waals surface area contributed by atoms with E-state index in [1.807, 2.05) is 0 Å². The summed E-state index contributed by atoms with van der Waals surface area (Å²) in [5.74, 6) is -1.82. The molecule has 18 heavy (non-hydrogen) atoms. The zero-order valence-electron chi connectivity index (χ0n) is 10.5. The Bertz CT molecular complexity index is 322. The first-order valence-electron chi connectivity index (χ1n) is 5.85. The highest BCUT2D eigenvalue weighted by atomic mass is 16.5. The predicted molar refractivity (Wildman–Crippen MR) is 61.9 cm³/mol. The molecule has 0 bridgehead atoms. The lowest BCUT2D eigenvalue weighted by Gasteiger charge is -2.35. The zero-order valence-corrected chi connectivity index (χ0v) is 10.5. The van der Waals surface area contributed by atoms with E-state index in [0.717, 1.165) is 0 Å². The molecule has 1 saturated heterocycles. The number of rotatable bonds is 3. The number of hydrogen-bond donors (Lipinski definition) is 2. The van der Waals surface area contributed by atoms with Crippen molar-refractivity contribution in [1.82, 2.24) is 10.2 Å². The Morgan fingerprint density at radius 1 is 1.39 bits per heavy atom. The first-order valence-corrected chi connectivity index (χ1v) is 5.85. The number of aliphatic carboxylic acids is 1. The number of likely N-dealkylation sites (tertiary alicyclic amines) is 1. The highest BCUT2D eigenvalue weighted by Crippen LogP contribution is 2.17. The quantitative estimate of drug-likeness (QED) is 0.746. The maximum Gasteiger partial charge on any atom is 0.407 e. The first kappa shape index (κ1) is 14.3. The molecule has 0 radical (unpaired) electrons. The van der Waals surface area contributed by atoms with E-state index in [2.05, 4.69) is 5.32 Å². The van der Waals surface area contributed by atoms with Gasteiger partial charge in [-0.25, -0.2) is 4.79 Å². The van der Waals surface area contributed by atoms with E-state index in [-0.39, 0.29) is 25.1 Å². The van der Waals surface area contributed by atoms with Crippen LogP contribution in [0.25, 0.3) is 0 Å². The summed E-state index contributed by atoms with van der Waals surface area (Å²) in [6.45, 7) is 3.81. The predicted octanol–water partition coefficient (Wildman–Crippen LogP) is 0.0541. The highest BCUT2D eigenvalue weighted by Gasteiger charge is 2.33. The van der Waals surface area contributed by atoms with Gasteiger partial charge in [-0.05, 0) is 13.3 Å². The SMILES string of the molecule is CCOC(=O)NC1CC(C(=O)O)CN(C(C)=O)C1. The van der Waals surface area contributed by atoms with Crippen LogP contribution in [0.1, 0.15) is 20.3 Å². The van der Waals surface area contributed by atoms with Crippen LogP contribution in [-0.2, 0) is 14.3 Å². The maximum absolute atomic E-state index is 11.3. The van der Waals surface area contributed by atoms with Crippen LogP contribution < -0.4 is 5.32 Å². The molecule has 2 amide bonds. The molecule has 0 saturated carbocycles. The minimum atomic E-state index is -0.961. The lowest BCUT2D eigenvalue weighted by atomic mass is 9.94. The minimum Gasteiger partial charge on any atom is -0.481 e. The van der Waals surface area contributed by atoms with E-state index in [9.17, 15) is 14.4 Å². The van der Waals surface area contributed by atoms with Crippen LogP contribution in [0.15, 0.2) is 0 Å². The molecule has 0 spiro atoms. The van der Waals surface area contributed by atoms with Crippen LogP contribution in [-0.4, -0.2) is 53.7 Å². The molecular formula is C11H18N2O5. The normalized spacial score (nSPS) is 23.3. The molecule has 1 aliphatic heterocycles. The van der Waals surface area contributed by atoms with E-state index in [4.69, 9.17) is 9.84 Å². The molecule has 0 aromatic heterocycles. The van der Waals surface area contributed by atoms with E-state index >= 15 is 0 Å². The summed E-state index contributed by atoms with van der Waals surface area (Å²) >= 11 is 0. The number of nitrogens with zero attached hydrogens (tertiary/aromatic N) is 1. The Balaban J connectivity index is 2.64. The summed E-state index contributed by atoms with van der Waals surface area (Å²) in [7, 11) is 0. The molecule has 0 aromatic carbocycles. The number of carbonyl (C=O) groups excluding carboxylic acids is 2. The van der Waals surface area contributed by atoms with Crippen molar-refractivity contribution in [3.05, 3.63) is 0 Å². The van der Waals surface area contributed by atoms with Crippen molar-refractivity contribution in [2.45, 2.75) is 26.3 Å². The number of carboxylic acids is 1. The Morgan fingerprint density at radius 2 is 2.06 bits per heavy atom. The van der Waals surface area contributed by atoms with Gasteiger partial charge < -0.3 is 20.1 Å². The molecule has 1 aliphatic rings. The summed E-state index contributed by atoms with van der Waals surface area (Å²) < 4.78 is 4.74. The van der Waals surface area contributed by atoms with Gasteiger partial charge >= 0.3 is 12.1 Å². The van der Waals surface area contributed by atoms with Crippen molar-refractivity contribution in [2.24, 2.45) is 5.92 Å². The molecule has 102 valence electrons. The number of carboxylic acid groups (broad SMARTS) is 1. The number of nitrogens with one attached hydrogen (secondary N) is 1. The summed E-state index contributed by atoms with van der Waals surface area (Å²) in [6.07, 6.45) is -0.283. The van der Waals surface area contributed by atoms with Crippen LogP contribution in [0.5, 0.6) is 0 Å². The monoisotopic (exact) mass is 258 g/mol. The van der Waals surface area contributed by atoms with Crippen molar-refractivity contribution in [3.63, 3.8) is 0 Å². The highest BCUT2D eigenvalue weighted by molar-refractivity contribution is 5.76. The molecule has 0 aromatic rings. The van der Waals surface area contributed by atoms with E-state index < -0.39 is 18.0 Å². The molecule has 1 heterocycles. The smallest absolute Gasteiger partial charge is 0.407 e. The van der Waals surface area contributed by atoms with Gasteiger partial charge in [-0.15, -0.1) is 0 Å². The first-order chi connectivity index (χ1) is 8.43. The Morgan fingerprint density at radius 3 is 2.56 bits per heavy atom. The maximum atomic E-state index is 11.3. The molecule has 1 fully saturated rings. The number of amides is 2. The van der Waals surface area contributed by atoms with E-state index in [1.165, 1.54) is 11.8 Å². The second kappa shape index (κ2) is 6.23. The number of alkyl carbamates (subject to hydrolysis) is 1. The largest absolute Gasteiger partial charge is 0.481 e. The van der Waals surface area contributed by atoms with Crippen LogP contribution in [0, 0.1) is 5.92 Å². The van der Waals surface area contributed by atoms with Crippen molar-refractivity contribution < 1.29 is 24.2 Å². The van der Waals surface area contributed by atoms with Gasteiger partial charge in [0.05, 0.1) is 18.6 Å². The zero-order chi connectivity index (χ0) is 13.7. The fourth-order valence-corrected chi connectivity index (χ4v) is 1.98. The van der Waals surface area contributed by atoms with Gasteiger partial charge in [-0.1, -0.05) is 0 Å².